The lowest BCUT2D eigenvalue weighted by Gasteiger charge is -2.39. The van der Waals surface area contributed by atoms with Crippen molar-refractivity contribution < 1.29 is 4.79 Å². The molecule has 1 rings (SSSR count). The number of carbonyl (C=O) groups is 1. The van der Waals surface area contributed by atoms with Crippen LogP contribution in [0.2, 0.25) is 0 Å². The molecule has 1 amide bonds. The van der Waals surface area contributed by atoms with Gasteiger partial charge in [-0.15, -0.1) is 0 Å². The third kappa shape index (κ3) is 3.19. The minimum Gasteiger partial charge on any atom is -0.352 e. The van der Waals surface area contributed by atoms with Crippen molar-refractivity contribution in [1.82, 2.24) is 10.2 Å². The highest BCUT2D eigenvalue weighted by atomic mass is 16.2. The fourth-order valence-corrected chi connectivity index (χ4v) is 2.29. The largest absolute Gasteiger partial charge is 0.352 e. The Balaban J connectivity index is 2.88. The summed E-state index contributed by atoms with van der Waals surface area (Å²) in [6.45, 7) is 10.0. The molecule has 94 valence electrons. The van der Waals surface area contributed by atoms with Gasteiger partial charge in [-0.25, -0.2) is 0 Å². The topological polar surface area (TPSA) is 58.4 Å². The van der Waals surface area contributed by atoms with E-state index in [4.69, 9.17) is 5.73 Å². The second-order valence-electron chi connectivity index (χ2n) is 5.66. The average molecular weight is 227 g/mol. The van der Waals surface area contributed by atoms with Crippen molar-refractivity contribution in [1.29, 1.82) is 0 Å². The maximum Gasteiger partial charge on any atom is 0.237 e. The molecule has 2 atom stereocenters. The highest BCUT2D eigenvalue weighted by Crippen LogP contribution is 2.22. The smallest absolute Gasteiger partial charge is 0.237 e. The minimum atomic E-state index is -0.0741. The molecule has 1 fully saturated rings. The molecule has 0 aromatic rings. The zero-order valence-electron chi connectivity index (χ0n) is 10.9. The number of carbonyl (C=O) groups excluding carboxylic acids is 1. The van der Waals surface area contributed by atoms with Gasteiger partial charge in [0.05, 0.1) is 6.04 Å². The Morgan fingerprint density at radius 1 is 1.50 bits per heavy atom. The predicted octanol–water partition coefficient (Wildman–Crippen LogP) is 0.713. The van der Waals surface area contributed by atoms with Gasteiger partial charge in [0.15, 0.2) is 0 Å². The van der Waals surface area contributed by atoms with Gasteiger partial charge in [0.25, 0.3) is 0 Å². The second kappa shape index (κ2) is 5.15. The van der Waals surface area contributed by atoms with Crippen molar-refractivity contribution in [3.63, 3.8) is 0 Å². The third-order valence-corrected chi connectivity index (χ3v) is 3.17. The highest BCUT2D eigenvalue weighted by Gasteiger charge is 2.35. The minimum absolute atomic E-state index is 0.0151. The van der Waals surface area contributed by atoms with E-state index in [0.717, 1.165) is 19.4 Å². The molecule has 1 heterocycles. The zero-order valence-corrected chi connectivity index (χ0v) is 10.9. The quantitative estimate of drug-likeness (QED) is 0.730. The standard InChI is InChI=1S/C12H25N3O/c1-9-6-8-15(12(2,3)4)10(5-7-13)11(16)14-9/h9-10H,5-8,13H2,1-4H3,(H,14,16). The Labute approximate surface area is 98.6 Å². The number of hydrogen-bond donors (Lipinski definition) is 2. The summed E-state index contributed by atoms with van der Waals surface area (Å²) in [7, 11) is 0. The summed E-state index contributed by atoms with van der Waals surface area (Å²) in [5.74, 6) is 0.130. The van der Waals surface area contributed by atoms with Gasteiger partial charge in [-0.3, -0.25) is 9.69 Å². The van der Waals surface area contributed by atoms with Crippen LogP contribution in [0, 0.1) is 0 Å². The summed E-state index contributed by atoms with van der Waals surface area (Å²) in [5, 5.41) is 3.04. The van der Waals surface area contributed by atoms with Crippen LogP contribution in [0.4, 0.5) is 0 Å². The van der Waals surface area contributed by atoms with Crippen LogP contribution in [-0.4, -0.2) is 41.5 Å². The predicted molar refractivity (Wildman–Crippen MR) is 66.1 cm³/mol. The van der Waals surface area contributed by atoms with Crippen molar-refractivity contribution >= 4 is 5.91 Å². The van der Waals surface area contributed by atoms with Crippen LogP contribution < -0.4 is 11.1 Å². The highest BCUT2D eigenvalue weighted by molar-refractivity contribution is 5.82. The molecule has 1 aliphatic heterocycles. The molecule has 1 saturated heterocycles. The molecule has 4 heteroatoms. The van der Waals surface area contributed by atoms with E-state index in [1.165, 1.54) is 0 Å². The van der Waals surface area contributed by atoms with Gasteiger partial charge >= 0.3 is 0 Å². The van der Waals surface area contributed by atoms with E-state index in [1.54, 1.807) is 0 Å². The van der Waals surface area contributed by atoms with Crippen LogP contribution in [0.3, 0.4) is 0 Å². The number of nitrogens with two attached hydrogens (primary N) is 1. The molecule has 0 bridgehead atoms. The van der Waals surface area contributed by atoms with E-state index >= 15 is 0 Å². The van der Waals surface area contributed by atoms with E-state index in [9.17, 15) is 4.79 Å². The van der Waals surface area contributed by atoms with Crippen LogP contribution in [0.15, 0.2) is 0 Å². The van der Waals surface area contributed by atoms with Crippen molar-refractivity contribution in [3.8, 4) is 0 Å². The van der Waals surface area contributed by atoms with Gasteiger partial charge in [-0.05, 0) is 47.1 Å². The molecule has 0 spiro atoms. The summed E-state index contributed by atoms with van der Waals surface area (Å²) in [6.07, 6.45) is 1.74. The summed E-state index contributed by atoms with van der Waals surface area (Å²) in [6, 6.07) is 0.190. The molecule has 0 aliphatic carbocycles. The zero-order chi connectivity index (χ0) is 12.3. The summed E-state index contributed by atoms with van der Waals surface area (Å²) >= 11 is 0. The normalized spacial score (nSPS) is 28.7. The number of rotatable bonds is 2. The maximum absolute atomic E-state index is 12.1. The second-order valence-corrected chi connectivity index (χ2v) is 5.66. The molecule has 16 heavy (non-hydrogen) atoms. The van der Waals surface area contributed by atoms with E-state index in [2.05, 4.69) is 37.9 Å². The van der Waals surface area contributed by atoms with Crippen molar-refractivity contribution in [2.75, 3.05) is 13.1 Å². The van der Waals surface area contributed by atoms with Crippen LogP contribution in [0.25, 0.3) is 0 Å². The molecule has 2 unspecified atom stereocenters. The van der Waals surface area contributed by atoms with Gasteiger partial charge in [0.2, 0.25) is 5.91 Å². The summed E-state index contributed by atoms with van der Waals surface area (Å²) < 4.78 is 0. The van der Waals surface area contributed by atoms with Gasteiger partial charge < -0.3 is 11.1 Å². The SMILES string of the molecule is CC1CCN(C(C)(C)C)C(CCN)C(=O)N1. The van der Waals surface area contributed by atoms with Gasteiger partial charge in [0.1, 0.15) is 0 Å². The fraction of sp³-hybridized carbons (Fsp3) is 0.917. The van der Waals surface area contributed by atoms with Crippen molar-refractivity contribution in [2.45, 2.75) is 58.2 Å². The van der Waals surface area contributed by atoms with E-state index < -0.39 is 0 Å². The Kier molecular flexibility index (Phi) is 4.33. The van der Waals surface area contributed by atoms with Gasteiger partial charge in [-0.1, -0.05) is 0 Å². The Hall–Kier alpha value is -0.610. The average Bonchev–Trinajstić information content (AvgIpc) is 2.26. The number of nitrogens with one attached hydrogen (secondary N) is 1. The van der Waals surface area contributed by atoms with E-state index in [1.807, 2.05) is 0 Å². The van der Waals surface area contributed by atoms with Crippen molar-refractivity contribution in [3.05, 3.63) is 0 Å². The number of nitrogens with zero attached hydrogens (tertiary/aromatic N) is 1. The van der Waals surface area contributed by atoms with Gasteiger partial charge in [-0.2, -0.15) is 0 Å². The van der Waals surface area contributed by atoms with E-state index in [-0.39, 0.29) is 23.5 Å². The third-order valence-electron chi connectivity index (χ3n) is 3.17. The molecule has 0 aromatic carbocycles. The van der Waals surface area contributed by atoms with E-state index in [0.29, 0.717) is 6.54 Å². The summed E-state index contributed by atoms with van der Waals surface area (Å²) in [5.41, 5.74) is 5.62. The molecule has 1 aliphatic rings. The lowest BCUT2D eigenvalue weighted by atomic mass is 10.0. The molecular formula is C12H25N3O. The first-order valence-corrected chi connectivity index (χ1v) is 6.13. The first-order chi connectivity index (χ1) is 7.36. The molecule has 3 N–H and O–H groups in total. The first kappa shape index (κ1) is 13.5. The number of amides is 1. The Morgan fingerprint density at radius 3 is 2.62 bits per heavy atom. The molecule has 0 radical (unpaired) electrons. The van der Waals surface area contributed by atoms with Gasteiger partial charge in [0, 0.05) is 18.1 Å². The fourth-order valence-electron chi connectivity index (χ4n) is 2.29. The Bertz CT molecular complexity index is 247. The van der Waals surface area contributed by atoms with Crippen LogP contribution in [0.1, 0.15) is 40.5 Å². The summed E-state index contributed by atoms with van der Waals surface area (Å²) in [4.78, 5) is 14.3. The first-order valence-electron chi connectivity index (χ1n) is 6.13. The Morgan fingerprint density at radius 2 is 2.12 bits per heavy atom. The lowest BCUT2D eigenvalue weighted by Crippen LogP contribution is -2.53. The maximum atomic E-state index is 12.1. The molecule has 4 nitrogen and oxygen atoms in total. The van der Waals surface area contributed by atoms with Crippen LogP contribution in [0.5, 0.6) is 0 Å². The lowest BCUT2D eigenvalue weighted by molar-refractivity contribution is -0.127. The molecule has 0 aromatic heterocycles. The number of hydrogen-bond acceptors (Lipinski definition) is 3. The molecule has 0 saturated carbocycles. The molecular weight excluding hydrogens is 202 g/mol. The monoisotopic (exact) mass is 227 g/mol. The van der Waals surface area contributed by atoms with Crippen LogP contribution >= 0.6 is 0 Å². The van der Waals surface area contributed by atoms with Crippen LogP contribution in [-0.2, 0) is 4.79 Å². The van der Waals surface area contributed by atoms with Crippen molar-refractivity contribution in [2.24, 2.45) is 5.73 Å².